The number of aliphatic hydroxyl groups is 5. The third kappa shape index (κ3) is 2.65. The van der Waals surface area contributed by atoms with Crippen LogP contribution in [0, 0.1) is 5.41 Å². The summed E-state index contributed by atoms with van der Waals surface area (Å²) in [5.41, 5.74) is -8.35. The monoisotopic (exact) mass is 290 g/mol. The SMILES string of the molecule is C=CCC(C)(O)C(C)(O)C(C)(C)C(C)(O)C(C)(O)CO. The van der Waals surface area contributed by atoms with Crippen molar-refractivity contribution >= 4 is 0 Å². The van der Waals surface area contributed by atoms with E-state index in [2.05, 4.69) is 6.58 Å². The third-order valence-corrected chi connectivity index (χ3v) is 5.38. The van der Waals surface area contributed by atoms with Crippen LogP contribution in [0.5, 0.6) is 0 Å². The fourth-order valence-corrected chi connectivity index (χ4v) is 2.45. The molecule has 0 saturated heterocycles. The average Bonchev–Trinajstić information content (AvgIpc) is 2.27. The van der Waals surface area contributed by atoms with E-state index in [0.717, 1.165) is 0 Å². The van der Waals surface area contributed by atoms with E-state index in [9.17, 15) is 25.5 Å². The van der Waals surface area contributed by atoms with Gasteiger partial charge in [0.05, 0.1) is 17.8 Å². The normalized spacial score (nSPS) is 24.9. The Bertz CT molecular complexity index is 353. The van der Waals surface area contributed by atoms with Gasteiger partial charge >= 0.3 is 0 Å². The lowest BCUT2D eigenvalue weighted by Gasteiger charge is -2.58. The Balaban J connectivity index is 5.90. The Hall–Kier alpha value is -0.460. The minimum atomic E-state index is -1.86. The molecule has 0 aliphatic carbocycles. The van der Waals surface area contributed by atoms with E-state index in [4.69, 9.17) is 0 Å². The van der Waals surface area contributed by atoms with Gasteiger partial charge in [0.15, 0.2) is 0 Å². The van der Waals surface area contributed by atoms with E-state index in [0.29, 0.717) is 0 Å². The van der Waals surface area contributed by atoms with Crippen molar-refractivity contribution in [2.24, 2.45) is 5.41 Å². The van der Waals surface area contributed by atoms with Crippen LogP contribution in [0.4, 0.5) is 0 Å². The van der Waals surface area contributed by atoms with Gasteiger partial charge in [-0.3, -0.25) is 0 Å². The van der Waals surface area contributed by atoms with Gasteiger partial charge in [-0.2, -0.15) is 0 Å². The van der Waals surface area contributed by atoms with Crippen molar-refractivity contribution in [3.05, 3.63) is 12.7 Å². The highest BCUT2D eigenvalue weighted by atomic mass is 16.4. The molecule has 0 saturated carbocycles. The molecule has 0 aromatic rings. The van der Waals surface area contributed by atoms with E-state index in [1.54, 1.807) is 0 Å². The van der Waals surface area contributed by atoms with Gasteiger partial charge in [0.25, 0.3) is 0 Å². The van der Waals surface area contributed by atoms with E-state index in [1.165, 1.54) is 47.6 Å². The standard InChI is InChI=1S/C15H30O5/c1-8-9-12(4,17)14(6,19)11(2,3)15(7,20)13(5,18)10-16/h8,16-20H,1,9-10H2,2-7H3. The molecule has 5 N–H and O–H groups in total. The molecule has 4 atom stereocenters. The van der Waals surface area contributed by atoms with Crippen LogP contribution >= 0.6 is 0 Å². The van der Waals surface area contributed by atoms with E-state index in [1.807, 2.05) is 0 Å². The second-order valence-corrected chi connectivity index (χ2v) is 6.97. The minimum Gasteiger partial charge on any atom is -0.393 e. The molecule has 0 aliphatic rings. The summed E-state index contributed by atoms with van der Waals surface area (Å²) in [5, 5.41) is 51.6. The van der Waals surface area contributed by atoms with Crippen molar-refractivity contribution in [2.45, 2.75) is 70.4 Å². The molecule has 0 fully saturated rings. The van der Waals surface area contributed by atoms with Crippen LogP contribution in [0.3, 0.4) is 0 Å². The van der Waals surface area contributed by atoms with Crippen molar-refractivity contribution in [1.82, 2.24) is 0 Å². The maximum absolute atomic E-state index is 10.8. The van der Waals surface area contributed by atoms with E-state index < -0.39 is 34.4 Å². The first-order valence-electron chi connectivity index (χ1n) is 6.73. The summed E-state index contributed by atoms with van der Waals surface area (Å²) in [6.45, 7) is 11.4. The summed E-state index contributed by atoms with van der Waals surface area (Å²) in [6, 6.07) is 0. The van der Waals surface area contributed by atoms with Gasteiger partial charge in [0.1, 0.15) is 11.2 Å². The quantitative estimate of drug-likeness (QED) is 0.442. The molecule has 0 rings (SSSR count). The molecule has 0 radical (unpaired) electrons. The molecule has 20 heavy (non-hydrogen) atoms. The van der Waals surface area contributed by atoms with Crippen LogP contribution in [0.1, 0.15) is 48.0 Å². The molecule has 0 amide bonds. The molecule has 0 aromatic carbocycles. The zero-order valence-corrected chi connectivity index (χ0v) is 13.4. The second kappa shape index (κ2) is 5.39. The Morgan fingerprint density at radius 1 is 0.800 bits per heavy atom. The fraction of sp³-hybridized carbons (Fsp3) is 0.867. The molecule has 0 bridgehead atoms. The summed E-state index contributed by atoms with van der Waals surface area (Å²) >= 11 is 0. The minimum absolute atomic E-state index is 0.112. The Labute approximate surface area is 121 Å². The third-order valence-electron chi connectivity index (χ3n) is 5.38. The Morgan fingerprint density at radius 3 is 1.45 bits per heavy atom. The zero-order chi connectivity index (χ0) is 16.6. The lowest BCUT2D eigenvalue weighted by atomic mass is 9.55. The summed E-state index contributed by atoms with van der Waals surface area (Å²) in [5.74, 6) is 0. The van der Waals surface area contributed by atoms with Crippen molar-refractivity contribution < 1.29 is 25.5 Å². The summed E-state index contributed by atoms with van der Waals surface area (Å²) in [7, 11) is 0. The molecular weight excluding hydrogens is 260 g/mol. The van der Waals surface area contributed by atoms with Crippen LogP contribution < -0.4 is 0 Å². The zero-order valence-electron chi connectivity index (χ0n) is 13.4. The topological polar surface area (TPSA) is 101 Å². The first-order valence-corrected chi connectivity index (χ1v) is 6.73. The Morgan fingerprint density at radius 2 is 1.15 bits per heavy atom. The molecule has 0 aliphatic heterocycles. The van der Waals surface area contributed by atoms with Gasteiger partial charge < -0.3 is 25.5 Å². The predicted molar refractivity (Wildman–Crippen MR) is 78.2 cm³/mol. The van der Waals surface area contributed by atoms with Gasteiger partial charge in [-0.1, -0.05) is 19.9 Å². The number of hydrogen-bond donors (Lipinski definition) is 5. The maximum atomic E-state index is 10.8. The van der Waals surface area contributed by atoms with Crippen LogP contribution in [-0.2, 0) is 0 Å². The van der Waals surface area contributed by atoms with E-state index >= 15 is 0 Å². The van der Waals surface area contributed by atoms with Crippen LogP contribution in [0.15, 0.2) is 12.7 Å². The first kappa shape index (κ1) is 19.5. The Kier molecular flexibility index (Phi) is 5.26. The molecule has 5 nitrogen and oxygen atoms in total. The lowest BCUT2D eigenvalue weighted by Crippen LogP contribution is -2.72. The summed E-state index contributed by atoms with van der Waals surface area (Å²) in [6.07, 6.45) is 1.59. The highest BCUT2D eigenvalue weighted by Crippen LogP contribution is 2.51. The molecule has 120 valence electrons. The number of aliphatic hydroxyl groups excluding tert-OH is 1. The summed E-state index contributed by atoms with van der Waals surface area (Å²) in [4.78, 5) is 0. The predicted octanol–water partition coefficient (Wildman–Crippen LogP) is 0.585. The van der Waals surface area contributed by atoms with Crippen LogP contribution in [0.25, 0.3) is 0 Å². The highest BCUT2D eigenvalue weighted by Gasteiger charge is 2.63. The van der Waals surface area contributed by atoms with Gasteiger partial charge in [-0.25, -0.2) is 0 Å². The molecule has 5 heteroatoms. The number of rotatable bonds is 7. The molecule has 0 spiro atoms. The first-order chi connectivity index (χ1) is 8.62. The fourth-order valence-electron chi connectivity index (χ4n) is 2.45. The summed E-state index contributed by atoms with van der Waals surface area (Å²) < 4.78 is 0. The lowest BCUT2D eigenvalue weighted by molar-refractivity contribution is -0.284. The molecular formula is C15H30O5. The smallest absolute Gasteiger partial charge is 0.114 e. The van der Waals surface area contributed by atoms with Crippen LogP contribution in [-0.4, -0.2) is 54.5 Å². The molecule has 4 unspecified atom stereocenters. The van der Waals surface area contributed by atoms with Gasteiger partial charge in [-0.05, 0) is 34.1 Å². The van der Waals surface area contributed by atoms with Gasteiger partial charge in [-0.15, -0.1) is 6.58 Å². The second-order valence-electron chi connectivity index (χ2n) is 6.97. The van der Waals surface area contributed by atoms with E-state index in [-0.39, 0.29) is 6.42 Å². The molecule has 0 aromatic heterocycles. The van der Waals surface area contributed by atoms with Crippen molar-refractivity contribution in [1.29, 1.82) is 0 Å². The maximum Gasteiger partial charge on any atom is 0.114 e. The highest BCUT2D eigenvalue weighted by molar-refractivity contribution is 5.15. The van der Waals surface area contributed by atoms with Crippen molar-refractivity contribution in [2.75, 3.05) is 6.61 Å². The van der Waals surface area contributed by atoms with Gasteiger partial charge in [0.2, 0.25) is 0 Å². The van der Waals surface area contributed by atoms with Gasteiger partial charge in [0, 0.05) is 5.41 Å². The molecule has 0 heterocycles. The number of hydrogen-bond acceptors (Lipinski definition) is 5. The van der Waals surface area contributed by atoms with Crippen LogP contribution in [0.2, 0.25) is 0 Å². The average molecular weight is 290 g/mol. The van der Waals surface area contributed by atoms with Crippen molar-refractivity contribution in [3.63, 3.8) is 0 Å². The van der Waals surface area contributed by atoms with Crippen molar-refractivity contribution in [3.8, 4) is 0 Å². The largest absolute Gasteiger partial charge is 0.393 e.